The summed E-state index contributed by atoms with van der Waals surface area (Å²) in [7, 11) is 0. The van der Waals surface area contributed by atoms with Gasteiger partial charge in [-0.1, -0.05) is 13.8 Å². The van der Waals surface area contributed by atoms with Crippen LogP contribution in [0.15, 0.2) is 0 Å². The Morgan fingerprint density at radius 2 is 1.93 bits per heavy atom. The molecule has 0 aliphatic carbocycles. The van der Waals surface area contributed by atoms with E-state index in [9.17, 15) is 9.90 Å². The number of hydrogen-bond donors (Lipinski definition) is 2. The maximum atomic E-state index is 11.1. The molecule has 0 atom stereocenters. The summed E-state index contributed by atoms with van der Waals surface area (Å²) in [6, 6.07) is 0. The van der Waals surface area contributed by atoms with Crippen LogP contribution in [0.2, 0.25) is 0 Å². The third-order valence-corrected chi connectivity index (χ3v) is 2.22. The molecule has 0 heterocycles. The highest BCUT2D eigenvalue weighted by Gasteiger charge is 2.23. The standard InChI is InChI=1S/C10H21NO3/c1-5-10(13,6-2)7-11-9(12)14-8(3)4/h8,13H,5-7H2,1-4H3,(H,11,12). The number of ether oxygens (including phenoxy) is 1. The molecule has 0 aliphatic heterocycles. The fourth-order valence-electron chi connectivity index (χ4n) is 0.992. The summed E-state index contributed by atoms with van der Waals surface area (Å²) in [5, 5.41) is 12.4. The monoisotopic (exact) mass is 203 g/mol. The van der Waals surface area contributed by atoms with Crippen molar-refractivity contribution in [3.05, 3.63) is 0 Å². The second-order valence-electron chi connectivity index (χ2n) is 3.74. The van der Waals surface area contributed by atoms with Crippen LogP contribution in [0.5, 0.6) is 0 Å². The number of aliphatic hydroxyl groups is 1. The van der Waals surface area contributed by atoms with E-state index >= 15 is 0 Å². The fraction of sp³-hybridized carbons (Fsp3) is 0.900. The Hall–Kier alpha value is -0.770. The van der Waals surface area contributed by atoms with Gasteiger partial charge in [-0.05, 0) is 26.7 Å². The molecule has 0 aliphatic rings. The first-order valence-corrected chi connectivity index (χ1v) is 5.10. The maximum absolute atomic E-state index is 11.1. The lowest BCUT2D eigenvalue weighted by molar-refractivity contribution is 0.0290. The predicted molar refractivity (Wildman–Crippen MR) is 55.2 cm³/mol. The Morgan fingerprint density at radius 3 is 2.29 bits per heavy atom. The van der Waals surface area contributed by atoms with Crippen molar-refractivity contribution in [2.24, 2.45) is 0 Å². The number of nitrogens with one attached hydrogen (secondary N) is 1. The van der Waals surface area contributed by atoms with Gasteiger partial charge in [0.25, 0.3) is 0 Å². The summed E-state index contributed by atoms with van der Waals surface area (Å²) in [4.78, 5) is 11.1. The molecule has 2 N–H and O–H groups in total. The molecule has 0 unspecified atom stereocenters. The van der Waals surface area contributed by atoms with Crippen molar-refractivity contribution in [2.75, 3.05) is 6.54 Å². The molecule has 14 heavy (non-hydrogen) atoms. The van der Waals surface area contributed by atoms with E-state index in [1.807, 2.05) is 13.8 Å². The van der Waals surface area contributed by atoms with Gasteiger partial charge >= 0.3 is 6.09 Å². The van der Waals surface area contributed by atoms with Crippen LogP contribution in [0.25, 0.3) is 0 Å². The van der Waals surface area contributed by atoms with Crippen LogP contribution in [0, 0.1) is 0 Å². The van der Waals surface area contributed by atoms with E-state index in [0.717, 1.165) is 0 Å². The Balaban J connectivity index is 3.86. The van der Waals surface area contributed by atoms with Gasteiger partial charge in [0.15, 0.2) is 0 Å². The summed E-state index contributed by atoms with van der Waals surface area (Å²) in [6.45, 7) is 7.58. The van der Waals surface area contributed by atoms with E-state index in [2.05, 4.69) is 5.32 Å². The molecule has 0 radical (unpaired) electrons. The smallest absolute Gasteiger partial charge is 0.407 e. The van der Waals surface area contributed by atoms with E-state index in [4.69, 9.17) is 4.74 Å². The van der Waals surface area contributed by atoms with Crippen LogP contribution >= 0.6 is 0 Å². The van der Waals surface area contributed by atoms with Crippen LogP contribution < -0.4 is 5.32 Å². The highest BCUT2D eigenvalue weighted by atomic mass is 16.6. The van der Waals surface area contributed by atoms with Crippen molar-refractivity contribution in [3.8, 4) is 0 Å². The van der Waals surface area contributed by atoms with Crippen LogP contribution in [-0.2, 0) is 4.74 Å². The van der Waals surface area contributed by atoms with Crippen LogP contribution in [-0.4, -0.2) is 29.4 Å². The third-order valence-electron chi connectivity index (χ3n) is 2.22. The zero-order chi connectivity index (χ0) is 11.2. The first-order valence-electron chi connectivity index (χ1n) is 5.10. The van der Waals surface area contributed by atoms with Gasteiger partial charge in [-0.2, -0.15) is 0 Å². The molecule has 0 rings (SSSR count). The Labute approximate surface area is 85.6 Å². The van der Waals surface area contributed by atoms with Gasteiger partial charge in [-0.25, -0.2) is 4.79 Å². The molecule has 0 aromatic rings. The first-order chi connectivity index (χ1) is 6.43. The van der Waals surface area contributed by atoms with E-state index in [1.54, 1.807) is 13.8 Å². The molecule has 0 spiro atoms. The number of carbonyl (C=O) groups is 1. The van der Waals surface area contributed by atoms with Gasteiger partial charge in [0.1, 0.15) is 0 Å². The second-order valence-corrected chi connectivity index (χ2v) is 3.74. The third kappa shape index (κ3) is 5.07. The van der Waals surface area contributed by atoms with E-state index in [0.29, 0.717) is 12.8 Å². The van der Waals surface area contributed by atoms with Gasteiger partial charge in [-0.15, -0.1) is 0 Å². The fourth-order valence-corrected chi connectivity index (χ4v) is 0.992. The summed E-state index contributed by atoms with van der Waals surface area (Å²) in [6.07, 6.45) is 0.628. The average molecular weight is 203 g/mol. The Kier molecular flexibility index (Phi) is 5.53. The number of alkyl carbamates (subject to hydrolysis) is 1. The van der Waals surface area contributed by atoms with Gasteiger partial charge in [-0.3, -0.25) is 0 Å². The molecule has 1 amide bonds. The summed E-state index contributed by atoms with van der Waals surface area (Å²) in [5.74, 6) is 0. The topological polar surface area (TPSA) is 58.6 Å². The lowest BCUT2D eigenvalue weighted by atomic mass is 9.98. The summed E-state index contributed by atoms with van der Waals surface area (Å²) >= 11 is 0. The van der Waals surface area contributed by atoms with Crippen molar-refractivity contribution in [3.63, 3.8) is 0 Å². The highest BCUT2D eigenvalue weighted by Crippen LogP contribution is 2.12. The molecule has 0 fully saturated rings. The van der Waals surface area contributed by atoms with Gasteiger partial charge in [0.2, 0.25) is 0 Å². The molecule has 4 heteroatoms. The molecular formula is C10H21NO3. The van der Waals surface area contributed by atoms with E-state index < -0.39 is 11.7 Å². The van der Waals surface area contributed by atoms with Gasteiger partial charge in [0.05, 0.1) is 11.7 Å². The van der Waals surface area contributed by atoms with Crippen molar-refractivity contribution in [1.29, 1.82) is 0 Å². The zero-order valence-corrected chi connectivity index (χ0v) is 9.46. The first kappa shape index (κ1) is 13.2. The average Bonchev–Trinajstić information content (AvgIpc) is 2.13. The van der Waals surface area contributed by atoms with Crippen molar-refractivity contribution < 1.29 is 14.6 Å². The van der Waals surface area contributed by atoms with E-state index in [-0.39, 0.29) is 12.6 Å². The summed E-state index contributed by atoms with van der Waals surface area (Å²) in [5.41, 5.74) is -0.810. The number of amides is 1. The number of hydrogen-bond acceptors (Lipinski definition) is 3. The second kappa shape index (κ2) is 5.86. The zero-order valence-electron chi connectivity index (χ0n) is 9.46. The normalized spacial score (nSPS) is 11.6. The number of rotatable bonds is 5. The number of carbonyl (C=O) groups excluding carboxylic acids is 1. The summed E-state index contributed by atoms with van der Waals surface area (Å²) < 4.78 is 4.87. The molecular weight excluding hydrogens is 182 g/mol. The molecule has 0 saturated carbocycles. The minimum Gasteiger partial charge on any atom is -0.447 e. The molecule has 84 valence electrons. The van der Waals surface area contributed by atoms with Gasteiger partial charge in [0, 0.05) is 6.54 Å². The molecule has 0 aromatic carbocycles. The highest BCUT2D eigenvalue weighted by molar-refractivity contribution is 5.67. The van der Waals surface area contributed by atoms with Gasteiger partial charge < -0.3 is 15.2 Å². The SMILES string of the molecule is CCC(O)(CC)CNC(=O)OC(C)C. The molecule has 0 saturated heterocycles. The lowest BCUT2D eigenvalue weighted by Crippen LogP contribution is -2.42. The Morgan fingerprint density at radius 1 is 1.43 bits per heavy atom. The van der Waals surface area contributed by atoms with Crippen molar-refractivity contribution >= 4 is 6.09 Å². The van der Waals surface area contributed by atoms with Crippen molar-refractivity contribution in [2.45, 2.75) is 52.2 Å². The lowest BCUT2D eigenvalue weighted by Gasteiger charge is -2.25. The minimum absolute atomic E-state index is 0.133. The predicted octanol–water partition coefficient (Wildman–Crippen LogP) is 1.67. The van der Waals surface area contributed by atoms with Crippen LogP contribution in [0.1, 0.15) is 40.5 Å². The Bertz CT molecular complexity index is 176. The van der Waals surface area contributed by atoms with Crippen molar-refractivity contribution in [1.82, 2.24) is 5.32 Å². The minimum atomic E-state index is -0.810. The molecule has 0 bridgehead atoms. The van der Waals surface area contributed by atoms with E-state index in [1.165, 1.54) is 0 Å². The van der Waals surface area contributed by atoms with Crippen LogP contribution in [0.4, 0.5) is 4.79 Å². The quantitative estimate of drug-likeness (QED) is 0.714. The molecule has 0 aromatic heterocycles. The molecule has 4 nitrogen and oxygen atoms in total. The maximum Gasteiger partial charge on any atom is 0.407 e. The largest absolute Gasteiger partial charge is 0.447 e. The van der Waals surface area contributed by atoms with Crippen LogP contribution in [0.3, 0.4) is 0 Å².